The number of nitrogens with zero attached hydrogens (tertiary/aromatic N) is 4. The molecule has 0 unspecified atom stereocenters. The predicted octanol–water partition coefficient (Wildman–Crippen LogP) is 6.03. The van der Waals surface area contributed by atoms with Gasteiger partial charge < -0.3 is 14.1 Å². The number of carbonyl (C=O) groups is 1. The summed E-state index contributed by atoms with van der Waals surface area (Å²) in [5.41, 5.74) is 1.11. The first-order chi connectivity index (χ1) is 19.5. The Labute approximate surface area is 262 Å². The highest BCUT2D eigenvalue weighted by molar-refractivity contribution is 6.30. The van der Waals surface area contributed by atoms with Gasteiger partial charge in [0.2, 0.25) is 5.89 Å². The maximum absolute atomic E-state index is 13.1. The molecule has 4 aromatic rings. The van der Waals surface area contributed by atoms with Crippen LogP contribution in [0.2, 0.25) is 5.02 Å². The topological polar surface area (TPSA) is 80.8 Å². The molecule has 43 heavy (non-hydrogen) atoms. The van der Waals surface area contributed by atoms with Crippen molar-refractivity contribution in [1.29, 1.82) is 0 Å². The fourth-order valence-corrected chi connectivity index (χ4v) is 4.67. The third-order valence-corrected chi connectivity index (χ3v) is 7.01. The van der Waals surface area contributed by atoms with Crippen LogP contribution in [0.3, 0.4) is 0 Å². The van der Waals surface area contributed by atoms with Gasteiger partial charge in [0.05, 0.1) is 17.7 Å². The van der Waals surface area contributed by atoms with E-state index < -0.39 is 23.5 Å². The number of rotatable bonds is 7. The molecule has 0 N–H and O–H groups in total. The monoisotopic (exact) mass is 658 g/mol. The third-order valence-electron chi connectivity index (χ3n) is 6.78. The van der Waals surface area contributed by atoms with Crippen molar-refractivity contribution < 1.29 is 27.1 Å². The van der Waals surface area contributed by atoms with Crippen LogP contribution >= 0.6 is 36.4 Å². The number of aromatic nitrogens is 2. The van der Waals surface area contributed by atoms with E-state index in [1.54, 1.807) is 18.2 Å². The molecule has 1 aromatic heterocycles. The molecule has 0 saturated carbocycles. The van der Waals surface area contributed by atoms with Gasteiger partial charge in [-0.1, -0.05) is 23.7 Å². The van der Waals surface area contributed by atoms with Crippen LogP contribution in [0.1, 0.15) is 27.0 Å². The van der Waals surface area contributed by atoms with Crippen LogP contribution in [0.4, 0.5) is 13.2 Å². The molecular formula is C29H28Cl3F3N4O4. The zero-order valence-electron chi connectivity index (χ0n) is 22.8. The van der Waals surface area contributed by atoms with Gasteiger partial charge in [-0.3, -0.25) is 4.90 Å². The fourth-order valence-electron chi connectivity index (χ4n) is 4.48. The van der Waals surface area contributed by atoms with Crippen molar-refractivity contribution in [2.75, 3.05) is 33.2 Å². The van der Waals surface area contributed by atoms with Gasteiger partial charge >= 0.3 is 17.9 Å². The van der Waals surface area contributed by atoms with Gasteiger partial charge in [0.25, 0.3) is 0 Å². The molecule has 8 nitrogen and oxygen atoms in total. The quantitative estimate of drug-likeness (QED) is 0.177. The van der Waals surface area contributed by atoms with E-state index in [9.17, 15) is 22.8 Å². The van der Waals surface area contributed by atoms with Crippen molar-refractivity contribution in [2.24, 2.45) is 0 Å². The van der Waals surface area contributed by atoms with Crippen LogP contribution < -0.4 is 10.5 Å². The number of hydrogen-bond donors (Lipinski definition) is 0. The maximum Gasteiger partial charge on any atom is 0.437 e. The summed E-state index contributed by atoms with van der Waals surface area (Å²) in [5, 5.41) is 4.45. The van der Waals surface area contributed by atoms with Crippen LogP contribution in [0, 0.1) is 0 Å². The Morgan fingerprint density at radius 2 is 1.67 bits per heavy atom. The third kappa shape index (κ3) is 8.61. The van der Waals surface area contributed by atoms with Crippen LogP contribution in [0.15, 0.2) is 75.9 Å². The van der Waals surface area contributed by atoms with Gasteiger partial charge in [0, 0.05) is 48.9 Å². The lowest BCUT2D eigenvalue weighted by Gasteiger charge is -2.32. The first kappa shape index (κ1) is 34.1. The van der Waals surface area contributed by atoms with E-state index in [0.717, 1.165) is 55.1 Å². The smallest absolute Gasteiger partial charge is 0.423 e. The number of likely N-dealkylation sites (N-methyl/N-ethyl adjacent to an activating group) is 1. The Morgan fingerprint density at radius 1 is 0.977 bits per heavy atom. The number of carbonyl (C=O) groups excluding carboxylic acids is 1. The normalized spacial score (nSPS) is 14.1. The van der Waals surface area contributed by atoms with Crippen molar-refractivity contribution in [3.05, 3.63) is 105 Å². The average molecular weight is 660 g/mol. The summed E-state index contributed by atoms with van der Waals surface area (Å²) in [6.07, 6.45) is -4.49. The Balaban J connectivity index is 0.00000253. The second-order valence-electron chi connectivity index (χ2n) is 9.83. The van der Waals surface area contributed by atoms with Crippen molar-refractivity contribution >= 4 is 42.4 Å². The highest BCUT2D eigenvalue weighted by Crippen LogP contribution is 2.31. The van der Waals surface area contributed by atoms with Gasteiger partial charge in [-0.2, -0.15) is 17.9 Å². The van der Waals surface area contributed by atoms with Gasteiger partial charge in [-0.05, 0) is 67.2 Å². The summed E-state index contributed by atoms with van der Waals surface area (Å²) in [7, 11) is 2.09. The molecule has 2 heterocycles. The van der Waals surface area contributed by atoms with Crippen LogP contribution in [-0.2, 0) is 19.3 Å². The number of esters is 1. The van der Waals surface area contributed by atoms with E-state index in [1.807, 2.05) is 12.1 Å². The van der Waals surface area contributed by atoms with Crippen LogP contribution in [-0.4, -0.2) is 58.8 Å². The molecular weight excluding hydrogens is 632 g/mol. The SMILES string of the molecule is CN1CCN(Cc2cccc(C(=O)Oc3ccc(Cl)cc3Cn3nc(-c4ccc(C(F)(F)F)cc4)oc3=O)c2)CC1.Cl.Cl. The number of halogens is 6. The summed E-state index contributed by atoms with van der Waals surface area (Å²) < 4.78 is 50.5. The molecule has 5 rings (SSSR count). The molecule has 1 aliphatic heterocycles. The largest absolute Gasteiger partial charge is 0.437 e. The molecule has 1 aliphatic rings. The van der Waals surface area contributed by atoms with Crippen LogP contribution in [0.5, 0.6) is 5.75 Å². The zero-order valence-corrected chi connectivity index (χ0v) is 25.2. The Hall–Kier alpha value is -3.35. The lowest BCUT2D eigenvalue weighted by atomic mass is 10.1. The van der Waals surface area contributed by atoms with E-state index in [2.05, 4.69) is 21.9 Å². The lowest BCUT2D eigenvalue weighted by molar-refractivity contribution is -0.137. The molecule has 230 valence electrons. The summed E-state index contributed by atoms with van der Waals surface area (Å²) in [6, 6.07) is 15.9. The van der Waals surface area contributed by atoms with E-state index in [4.69, 9.17) is 20.8 Å². The molecule has 0 spiro atoms. The number of alkyl halides is 3. The highest BCUT2D eigenvalue weighted by Gasteiger charge is 2.30. The van der Waals surface area contributed by atoms with Gasteiger partial charge in [0.15, 0.2) is 0 Å². The first-order valence-corrected chi connectivity index (χ1v) is 13.2. The summed E-state index contributed by atoms with van der Waals surface area (Å²) in [5.74, 6) is -1.39. The molecule has 0 atom stereocenters. The summed E-state index contributed by atoms with van der Waals surface area (Å²) in [6.45, 7) is 4.43. The Morgan fingerprint density at radius 3 is 2.35 bits per heavy atom. The fraction of sp³-hybridized carbons (Fsp3) is 0.276. The summed E-state index contributed by atoms with van der Waals surface area (Å²) >= 11 is 6.18. The van der Waals surface area contributed by atoms with Gasteiger partial charge in [-0.15, -0.1) is 29.9 Å². The molecule has 0 amide bonds. The standard InChI is InChI=1S/C29H26ClF3N4O4.2ClH/c1-35-11-13-36(14-12-35)17-19-3-2-4-21(15-19)27(38)40-25-10-9-24(30)16-22(25)18-37-28(39)41-26(34-37)20-5-7-23(8-6-20)29(31,32)33;;/h2-10,15-16H,11-14,17-18H2,1H3;2*1H. The number of hydrogen-bond acceptors (Lipinski definition) is 7. The first-order valence-electron chi connectivity index (χ1n) is 12.8. The van der Waals surface area contributed by atoms with E-state index in [1.165, 1.54) is 24.3 Å². The molecule has 1 saturated heterocycles. The highest BCUT2D eigenvalue weighted by atomic mass is 35.5. The molecule has 1 fully saturated rings. The predicted molar refractivity (Wildman–Crippen MR) is 160 cm³/mol. The second kappa shape index (κ2) is 14.4. The zero-order chi connectivity index (χ0) is 29.1. The molecule has 14 heteroatoms. The molecule has 0 radical (unpaired) electrons. The van der Waals surface area contributed by atoms with E-state index >= 15 is 0 Å². The summed E-state index contributed by atoms with van der Waals surface area (Å²) in [4.78, 5) is 30.2. The molecule has 0 aliphatic carbocycles. The van der Waals surface area contributed by atoms with Crippen molar-refractivity contribution in [3.63, 3.8) is 0 Å². The minimum absolute atomic E-state index is 0. The minimum Gasteiger partial charge on any atom is -0.423 e. The minimum atomic E-state index is -4.49. The number of ether oxygens (including phenoxy) is 1. The van der Waals surface area contributed by atoms with Crippen molar-refractivity contribution in [3.8, 4) is 17.2 Å². The molecule has 0 bridgehead atoms. The maximum atomic E-state index is 13.1. The Bertz CT molecular complexity index is 1600. The van der Waals surface area contributed by atoms with E-state index in [-0.39, 0.29) is 48.6 Å². The molecule has 3 aromatic carbocycles. The lowest BCUT2D eigenvalue weighted by Crippen LogP contribution is -2.43. The number of piperazine rings is 1. The van der Waals surface area contributed by atoms with E-state index in [0.29, 0.717) is 16.1 Å². The second-order valence-corrected chi connectivity index (χ2v) is 10.3. The van der Waals surface area contributed by atoms with Crippen molar-refractivity contribution in [2.45, 2.75) is 19.3 Å². The van der Waals surface area contributed by atoms with Crippen LogP contribution in [0.25, 0.3) is 11.5 Å². The van der Waals surface area contributed by atoms with Gasteiger partial charge in [0.1, 0.15) is 5.75 Å². The van der Waals surface area contributed by atoms with Gasteiger partial charge in [-0.25, -0.2) is 9.59 Å². The van der Waals surface area contributed by atoms with Crippen molar-refractivity contribution in [1.82, 2.24) is 19.6 Å². The average Bonchev–Trinajstić information content (AvgIpc) is 3.31. The number of benzene rings is 3. The Kier molecular flexibility index (Phi) is 11.4.